The molecule has 138 valence electrons. The van der Waals surface area contributed by atoms with Crippen LogP contribution in [0.25, 0.3) is 0 Å². The maximum atomic E-state index is 12.5. The zero-order valence-corrected chi connectivity index (χ0v) is 13.7. The molecule has 1 aliphatic rings. The van der Waals surface area contributed by atoms with Crippen LogP contribution in [0, 0.1) is 0 Å². The van der Waals surface area contributed by atoms with E-state index in [1.165, 1.54) is 0 Å². The molecule has 7 nitrogen and oxygen atoms in total. The van der Waals surface area contributed by atoms with E-state index in [2.05, 4.69) is 20.3 Å². The summed E-state index contributed by atoms with van der Waals surface area (Å²) in [5.74, 6) is 0.0222. The van der Waals surface area contributed by atoms with Crippen LogP contribution < -0.4 is 10.2 Å². The Labute approximate surface area is 147 Å². The van der Waals surface area contributed by atoms with Crippen LogP contribution in [0.1, 0.15) is 21.7 Å². The molecule has 0 spiro atoms. The number of carbonyl (C=O) groups excluding carboxylic acids is 1. The van der Waals surface area contributed by atoms with Crippen molar-refractivity contribution in [1.82, 2.24) is 20.3 Å². The van der Waals surface area contributed by atoms with Gasteiger partial charge >= 0.3 is 6.18 Å². The standard InChI is InChI=1S/C16H16F3N5O2/c17-16(18,19)13-2-1-11(9-21-13)14(25)22-10-12-3-4-20-15(23-12)24-5-7-26-8-6-24/h1-4,9H,5-8,10H2,(H,22,25). The van der Waals surface area contributed by atoms with Crippen LogP contribution in [-0.4, -0.2) is 47.2 Å². The van der Waals surface area contributed by atoms with E-state index in [9.17, 15) is 18.0 Å². The molecule has 0 atom stereocenters. The van der Waals surface area contributed by atoms with Gasteiger partial charge in [-0.3, -0.25) is 9.78 Å². The molecule has 0 bridgehead atoms. The summed E-state index contributed by atoms with van der Waals surface area (Å²) in [6.07, 6.45) is -2.04. The maximum Gasteiger partial charge on any atom is 0.433 e. The Bertz CT molecular complexity index is 761. The number of alkyl halides is 3. The molecular weight excluding hydrogens is 351 g/mol. The molecule has 0 saturated carbocycles. The number of nitrogens with zero attached hydrogens (tertiary/aromatic N) is 4. The fourth-order valence-corrected chi connectivity index (χ4v) is 2.37. The van der Waals surface area contributed by atoms with Crippen LogP contribution in [0.15, 0.2) is 30.6 Å². The van der Waals surface area contributed by atoms with Gasteiger partial charge in [-0.2, -0.15) is 13.2 Å². The van der Waals surface area contributed by atoms with Gasteiger partial charge in [-0.25, -0.2) is 9.97 Å². The lowest BCUT2D eigenvalue weighted by atomic mass is 10.2. The molecule has 1 aliphatic heterocycles. The summed E-state index contributed by atoms with van der Waals surface area (Å²) < 4.78 is 42.8. The van der Waals surface area contributed by atoms with Gasteiger partial charge in [0.1, 0.15) is 5.69 Å². The molecule has 0 radical (unpaired) electrons. The van der Waals surface area contributed by atoms with Gasteiger partial charge in [0.15, 0.2) is 0 Å². The van der Waals surface area contributed by atoms with Gasteiger partial charge in [-0.1, -0.05) is 0 Å². The van der Waals surface area contributed by atoms with Gasteiger partial charge in [-0.05, 0) is 18.2 Å². The van der Waals surface area contributed by atoms with Crippen molar-refractivity contribution in [3.05, 3.63) is 47.5 Å². The molecule has 1 N–H and O–H groups in total. The largest absolute Gasteiger partial charge is 0.433 e. The van der Waals surface area contributed by atoms with Crippen molar-refractivity contribution < 1.29 is 22.7 Å². The van der Waals surface area contributed by atoms with Gasteiger partial charge in [0, 0.05) is 25.5 Å². The summed E-state index contributed by atoms with van der Waals surface area (Å²) in [5, 5.41) is 2.61. The van der Waals surface area contributed by atoms with Crippen LogP contribution >= 0.6 is 0 Å². The lowest BCUT2D eigenvalue weighted by Crippen LogP contribution is -2.37. The third kappa shape index (κ3) is 4.45. The van der Waals surface area contributed by atoms with Gasteiger partial charge in [0.2, 0.25) is 5.95 Å². The first-order valence-corrected chi connectivity index (χ1v) is 7.89. The average molecular weight is 367 g/mol. The summed E-state index contributed by atoms with van der Waals surface area (Å²) in [6, 6.07) is 3.52. The topological polar surface area (TPSA) is 80.2 Å². The highest BCUT2D eigenvalue weighted by Gasteiger charge is 2.32. The van der Waals surface area contributed by atoms with E-state index in [0.29, 0.717) is 37.9 Å². The van der Waals surface area contributed by atoms with E-state index in [-0.39, 0.29) is 12.1 Å². The second-order valence-corrected chi connectivity index (χ2v) is 5.56. The van der Waals surface area contributed by atoms with Crippen LogP contribution in [-0.2, 0) is 17.5 Å². The number of nitrogens with one attached hydrogen (secondary N) is 1. The molecule has 0 unspecified atom stereocenters. The first kappa shape index (κ1) is 18.1. The monoisotopic (exact) mass is 367 g/mol. The molecule has 3 heterocycles. The number of aromatic nitrogens is 3. The zero-order valence-electron chi connectivity index (χ0n) is 13.7. The second-order valence-electron chi connectivity index (χ2n) is 5.56. The van der Waals surface area contributed by atoms with Crippen LogP contribution in [0.3, 0.4) is 0 Å². The third-order valence-corrected chi connectivity index (χ3v) is 3.74. The predicted octanol–water partition coefficient (Wildman–Crippen LogP) is 1.66. The second kappa shape index (κ2) is 7.65. The summed E-state index contributed by atoms with van der Waals surface area (Å²) in [6.45, 7) is 2.70. The van der Waals surface area contributed by atoms with Crippen molar-refractivity contribution in [3.63, 3.8) is 0 Å². The van der Waals surface area contributed by atoms with E-state index < -0.39 is 17.8 Å². The quantitative estimate of drug-likeness (QED) is 0.885. The molecule has 3 rings (SSSR count). The molecule has 2 aromatic rings. The average Bonchev–Trinajstić information content (AvgIpc) is 2.66. The van der Waals surface area contributed by atoms with Crippen molar-refractivity contribution in [3.8, 4) is 0 Å². The summed E-state index contributed by atoms with van der Waals surface area (Å²) in [4.78, 5) is 25.9. The molecule has 1 saturated heterocycles. The van der Waals surface area contributed by atoms with Crippen molar-refractivity contribution >= 4 is 11.9 Å². The first-order valence-electron chi connectivity index (χ1n) is 7.89. The molecule has 26 heavy (non-hydrogen) atoms. The molecule has 1 amide bonds. The number of ether oxygens (including phenoxy) is 1. The zero-order chi connectivity index (χ0) is 18.6. The molecule has 1 fully saturated rings. The van der Waals surface area contributed by atoms with E-state index in [0.717, 1.165) is 18.3 Å². The third-order valence-electron chi connectivity index (χ3n) is 3.74. The number of amides is 1. The number of halogens is 3. The minimum Gasteiger partial charge on any atom is -0.378 e. The summed E-state index contributed by atoms with van der Waals surface area (Å²) in [5.41, 5.74) is -0.407. The van der Waals surface area contributed by atoms with Crippen molar-refractivity contribution in [2.24, 2.45) is 0 Å². The minimum absolute atomic E-state index is 0.0421. The fourth-order valence-electron chi connectivity index (χ4n) is 2.37. The number of hydrogen-bond acceptors (Lipinski definition) is 6. The Morgan fingerprint density at radius 1 is 1.19 bits per heavy atom. The van der Waals surface area contributed by atoms with E-state index in [1.54, 1.807) is 12.3 Å². The summed E-state index contributed by atoms with van der Waals surface area (Å²) >= 11 is 0. The molecule has 10 heteroatoms. The number of carbonyl (C=O) groups is 1. The molecule has 2 aromatic heterocycles. The minimum atomic E-state index is -4.54. The smallest absolute Gasteiger partial charge is 0.378 e. The Hall–Kier alpha value is -2.75. The van der Waals surface area contributed by atoms with Crippen molar-refractivity contribution in [2.75, 3.05) is 31.2 Å². The Kier molecular flexibility index (Phi) is 5.31. The number of morpholine rings is 1. The number of pyridine rings is 1. The fraction of sp³-hybridized carbons (Fsp3) is 0.375. The number of hydrogen-bond donors (Lipinski definition) is 1. The van der Waals surface area contributed by atoms with E-state index in [4.69, 9.17) is 4.74 Å². The van der Waals surface area contributed by atoms with Gasteiger partial charge < -0.3 is 15.0 Å². The molecule has 0 aliphatic carbocycles. The van der Waals surface area contributed by atoms with Gasteiger partial charge in [0.25, 0.3) is 5.91 Å². The summed E-state index contributed by atoms with van der Waals surface area (Å²) in [7, 11) is 0. The van der Waals surface area contributed by atoms with Crippen LogP contribution in [0.2, 0.25) is 0 Å². The van der Waals surface area contributed by atoms with E-state index in [1.807, 2.05) is 4.90 Å². The molecular formula is C16H16F3N5O2. The first-order chi connectivity index (χ1) is 12.4. The van der Waals surface area contributed by atoms with Crippen molar-refractivity contribution in [2.45, 2.75) is 12.7 Å². The number of anilines is 1. The Morgan fingerprint density at radius 2 is 1.96 bits per heavy atom. The highest BCUT2D eigenvalue weighted by Crippen LogP contribution is 2.27. The maximum absolute atomic E-state index is 12.5. The van der Waals surface area contributed by atoms with E-state index >= 15 is 0 Å². The SMILES string of the molecule is O=C(NCc1ccnc(N2CCOCC2)n1)c1ccc(C(F)(F)F)nc1. The highest BCUT2D eigenvalue weighted by atomic mass is 19.4. The highest BCUT2D eigenvalue weighted by molar-refractivity contribution is 5.93. The van der Waals surface area contributed by atoms with Gasteiger partial charge in [-0.15, -0.1) is 0 Å². The Morgan fingerprint density at radius 3 is 2.62 bits per heavy atom. The van der Waals surface area contributed by atoms with Crippen LogP contribution in [0.5, 0.6) is 0 Å². The molecule has 0 aromatic carbocycles. The predicted molar refractivity (Wildman–Crippen MR) is 85.5 cm³/mol. The van der Waals surface area contributed by atoms with Gasteiger partial charge in [0.05, 0.1) is 31.0 Å². The lowest BCUT2D eigenvalue weighted by molar-refractivity contribution is -0.141. The Balaban J connectivity index is 1.60. The number of rotatable bonds is 4. The lowest BCUT2D eigenvalue weighted by Gasteiger charge is -2.26. The normalized spacial score (nSPS) is 15.0. The van der Waals surface area contributed by atoms with Crippen molar-refractivity contribution in [1.29, 1.82) is 0 Å². The van der Waals surface area contributed by atoms with Crippen LogP contribution in [0.4, 0.5) is 19.1 Å².